The van der Waals surface area contributed by atoms with E-state index < -0.39 is 23.6 Å². The lowest BCUT2D eigenvalue weighted by molar-refractivity contribution is -0.137. The molecule has 1 aliphatic rings. The summed E-state index contributed by atoms with van der Waals surface area (Å²) in [6, 6.07) is 5.04. The number of nitrogens with one attached hydrogen (secondary N) is 1. The van der Waals surface area contributed by atoms with Crippen molar-refractivity contribution in [3.05, 3.63) is 59.0 Å². The Morgan fingerprint density at radius 2 is 1.87 bits per heavy atom. The van der Waals surface area contributed by atoms with Gasteiger partial charge in [0.1, 0.15) is 5.76 Å². The van der Waals surface area contributed by atoms with Crippen LogP contribution in [-0.2, 0) is 17.4 Å². The number of likely N-dealkylation sites (tertiary alicyclic amines) is 1. The average molecular weight is 423 g/mol. The van der Waals surface area contributed by atoms with Crippen LogP contribution in [0.5, 0.6) is 0 Å². The van der Waals surface area contributed by atoms with E-state index in [9.17, 15) is 27.6 Å². The van der Waals surface area contributed by atoms with Crippen LogP contribution in [0.3, 0.4) is 0 Å². The molecule has 1 aromatic heterocycles. The summed E-state index contributed by atoms with van der Waals surface area (Å²) in [6.45, 7) is 0.694. The van der Waals surface area contributed by atoms with Crippen LogP contribution < -0.4 is 11.1 Å². The highest BCUT2D eigenvalue weighted by Gasteiger charge is 2.31. The van der Waals surface area contributed by atoms with Gasteiger partial charge in [0, 0.05) is 24.7 Å². The van der Waals surface area contributed by atoms with Crippen molar-refractivity contribution in [2.45, 2.75) is 31.5 Å². The topological polar surface area (TPSA) is 106 Å². The highest BCUT2D eigenvalue weighted by molar-refractivity contribution is 5.97. The van der Waals surface area contributed by atoms with Gasteiger partial charge in [0.25, 0.3) is 11.8 Å². The van der Waals surface area contributed by atoms with Crippen LogP contribution >= 0.6 is 0 Å². The van der Waals surface area contributed by atoms with Gasteiger partial charge in [-0.25, -0.2) is 0 Å². The standard InChI is InChI=1S/C20H20F3N3O4/c21-20(22,23)13-5-3-12(4-6-13)18(28)25-14-2-1-8-26(11-14)19(29)15-7-9-30-16(15)10-17(24)27/h3-7,9,14H,1-2,8,10-11H2,(H2,24,27)(H,25,28). The molecule has 1 atom stereocenters. The minimum absolute atomic E-state index is 0.102. The van der Waals surface area contributed by atoms with Gasteiger partial charge in [0.2, 0.25) is 5.91 Å². The predicted octanol–water partition coefficient (Wildman–Crippen LogP) is 2.36. The molecule has 2 heterocycles. The van der Waals surface area contributed by atoms with Crippen molar-refractivity contribution >= 4 is 17.7 Å². The predicted molar refractivity (Wildman–Crippen MR) is 99.4 cm³/mol. The summed E-state index contributed by atoms with van der Waals surface area (Å²) in [5, 5.41) is 2.76. The number of hydrogen-bond donors (Lipinski definition) is 2. The first-order chi connectivity index (χ1) is 14.1. The van der Waals surface area contributed by atoms with Crippen LogP contribution in [0.4, 0.5) is 13.2 Å². The molecule has 1 saturated heterocycles. The Labute approximate surface area is 170 Å². The fraction of sp³-hybridized carbons (Fsp3) is 0.350. The van der Waals surface area contributed by atoms with Crippen molar-refractivity contribution in [2.75, 3.05) is 13.1 Å². The Hall–Kier alpha value is -3.30. The molecule has 1 fully saturated rings. The number of nitrogens with zero attached hydrogens (tertiary/aromatic N) is 1. The van der Waals surface area contributed by atoms with E-state index in [-0.39, 0.29) is 41.8 Å². The van der Waals surface area contributed by atoms with Crippen molar-refractivity contribution < 1.29 is 32.0 Å². The van der Waals surface area contributed by atoms with Crippen LogP contribution in [0.15, 0.2) is 41.0 Å². The van der Waals surface area contributed by atoms with Crippen molar-refractivity contribution in [2.24, 2.45) is 5.73 Å². The Morgan fingerprint density at radius 1 is 1.17 bits per heavy atom. The number of halogens is 3. The summed E-state index contributed by atoms with van der Waals surface area (Å²) < 4.78 is 43.1. The molecular weight excluding hydrogens is 403 g/mol. The Bertz CT molecular complexity index is 938. The molecule has 30 heavy (non-hydrogen) atoms. The molecular formula is C20H20F3N3O4. The number of alkyl halides is 3. The number of benzene rings is 1. The highest BCUT2D eigenvalue weighted by Crippen LogP contribution is 2.29. The maximum Gasteiger partial charge on any atom is 0.416 e. The van der Waals surface area contributed by atoms with Crippen molar-refractivity contribution in [1.82, 2.24) is 10.2 Å². The Balaban J connectivity index is 1.63. The molecule has 3 N–H and O–H groups in total. The lowest BCUT2D eigenvalue weighted by Gasteiger charge is -2.33. The molecule has 0 bridgehead atoms. The maximum atomic E-state index is 12.8. The monoisotopic (exact) mass is 423 g/mol. The van der Waals surface area contributed by atoms with Crippen LogP contribution in [0.2, 0.25) is 0 Å². The molecule has 10 heteroatoms. The van der Waals surface area contributed by atoms with Crippen molar-refractivity contribution in [3.8, 4) is 0 Å². The van der Waals surface area contributed by atoms with E-state index in [1.165, 1.54) is 17.2 Å². The number of primary amides is 1. The number of rotatable bonds is 5. The van der Waals surface area contributed by atoms with E-state index in [4.69, 9.17) is 10.2 Å². The first-order valence-corrected chi connectivity index (χ1v) is 9.27. The Kier molecular flexibility index (Phi) is 6.14. The molecule has 2 aromatic rings. The molecule has 7 nitrogen and oxygen atoms in total. The minimum Gasteiger partial charge on any atom is -0.468 e. The number of hydrogen-bond acceptors (Lipinski definition) is 4. The third kappa shape index (κ3) is 5.00. The number of carbonyl (C=O) groups excluding carboxylic acids is 3. The van der Waals surface area contributed by atoms with E-state index in [1.54, 1.807) is 0 Å². The molecule has 160 valence electrons. The molecule has 0 saturated carbocycles. The molecule has 0 spiro atoms. The summed E-state index contributed by atoms with van der Waals surface area (Å²) in [5.74, 6) is -1.29. The quantitative estimate of drug-likeness (QED) is 0.770. The van der Waals surface area contributed by atoms with E-state index in [1.807, 2.05) is 0 Å². The van der Waals surface area contributed by atoms with Gasteiger partial charge in [-0.3, -0.25) is 14.4 Å². The smallest absolute Gasteiger partial charge is 0.416 e. The number of amides is 3. The SMILES string of the molecule is NC(=O)Cc1occc1C(=O)N1CCCC(NC(=O)c2ccc(C(F)(F)F)cc2)C1. The zero-order valence-electron chi connectivity index (χ0n) is 15.9. The van der Waals surface area contributed by atoms with Gasteiger partial charge in [0.15, 0.2) is 0 Å². The van der Waals surface area contributed by atoms with Crippen molar-refractivity contribution in [3.63, 3.8) is 0 Å². The van der Waals surface area contributed by atoms with Crippen LogP contribution in [0.25, 0.3) is 0 Å². The number of nitrogens with two attached hydrogens (primary N) is 1. The van der Waals surface area contributed by atoms with E-state index in [0.29, 0.717) is 19.4 Å². The van der Waals surface area contributed by atoms with Gasteiger partial charge in [-0.05, 0) is 43.2 Å². The van der Waals surface area contributed by atoms with E-state index in [2.05, 4.69) is 5.32 Å². The number of piperidine rings is 1. The van der Waals surface area contributed by atoms with Crippen LogP contribution in [-0.4, -0.2) is 41.8 Å². The van der Waals surface area contributed by atoms with Gasteiger partial charge in [0.05, 0.1) is 23.8 Å². The summed E-state index contributed by atoms with van der Waals surface area (Å²) in [4.78, 5) is 37.9. The summed E-state index contributed by atoms with van der Waals surface area (Å²) >= 11 is 0. The van der Waals surface area contributed by atoms with Gasteiger partial charge < -0.3 is 20.4 Å². The Morgan fingerprint density at radius 3 is 2.50 bits per heavy atom. The van der Waals surface area contributed by atoms with E-state index in [0.717, 1.165) is 24.3 Å². The highest BCUT2D eigenvalue weighted by atomic mass is 19.4. The normalized spacial score (nSPS) is 16.9. The summed E-state index contributed by atoms with van der Waals surface area (Å²) in [5.41, 5.74) is 4.67. The molecule has 1 aliphatic heterocycles. The largest absolute Gasteiger partial charge is 0.468 e. The van der Waals surface area contributed by atoms with Gasteiger partial charge in [-0.1, -0.05) is 0 Å². The van der Waals surface area contributed by atoms with Gasteiger partial charge in [-0.15, -0.1) is 0 Å². The summed E-state index contributed by atoms with van der Waals surface area (Å²) in [7, 11) is 0. The summed E-state index contributed by atoms with van der Waals surface area (Å²) in [6.07, 6.45) is -2.11. The first kappa shape index (κ1) is 21.4. The molecule has 1 aromatic carbocycles. The fourth-order valence-corrected chi connectivity index (χ4v) is 3.36. The lowest BCUT2D eigenvalue weighted by atomic mass is 10.0. The second-order valence-corrected chi connectivity index (χ2v) is 7.04. The number of furan rings is 1. The average Bonchev–Trinajstić information content (AvgIpc) is 3.14. The minimum atomic E-state index is -4.47. The molecule has 1 unspecified atom stereocenters. The molecule has 3 amide bonds. The van der Waals surface area contributed by atoms with E-state index >= 15 is 0 Å². The van der Waals surface area contributed by atoms with Crippen LogP contribution in [0.1, 0.15) is 44.9 Å². The lowest BCUT2D eigenvalue weighted by Crippen LogP contribution is -2.49. The molecule has 0 radical (unpaired) electrons. The first-order valence-electron chi connectivity index (χ1n) is 9.27. The third-order valence-corrected chi connectivity index (χ3v) is 4.83. The second kappa shape index (κ2) is 8.60. The maximum absolute atomic E-state index is 12.8. The second-order valence-electron chi connectivity index (χ2n) is 7.04. The number of carbonyl (C=O) groups is 3. The molecule has 0 aliphatic carbocycles. The van der Waals surface area contributed by atoms with Crippen molar-refractivity contribution in [1.29, 1.82) is 0 Å². The van der Waals surface area contributed by atoms with Gasteiger partial charge >= 0.3 is 6.18 Å². The zero-order chi connectivity index (χ0) is 21.9. The third-order valence-electron chi connectivity index (χ3n) is 4.83. The zero-order valence-corrected chi connectivity index (χ0v) is 15.9. The fourth-order valence-electron chi connectivity index (χ4n) is 3.36. The molecule has 3 rings (SSSR count). The van der Waals surface area contributed by atoms with Crippen LogP contribution in [0, 0.1) is 0 Å². The van der Waals surface area contributed by atoms with Gasteiger partial charge in [-0.2, -0.15) is 13.2 Å².